The van der Waals surface area contributed by atoms with Gasteiger partial charge >= 0.3 is 0 Å². The molecule has 2 aromatic heterocycles. The number of amides is 1. The standard InChI is InChI=1S/C17H22N4O4S2/c1-12(2)9-21(14-5-7-27(23,24)11-14)15(22)10-26-17-20-19-16(25-17)13-4-3-6-18-8-13/h3-4,6,8,12,14H,5,7,9-11H2,1-2H3/t14-/m1/s1. The number of hydrogen-bond acceptors (Lipinski definition) is 8. The summed E-state index contributed by atoms with van der Waals surface area (Å²) in [5.41, 5.74) is 0.709. The SMILES string of the molecule is CC(C)CN(C(=O)CSc1nnc(-c2cccnc2)o1)[C@@H]1CCS(=O)(=O)C1. The van der Waals surface area contributed by atoms with Crippen LogP contribution in [-0.2, 0) is 14.6 Å². The van der Waals surface area contributed by atoms with Gasteiger partial charge in [0.05, 0.1) is 22.8 Å². The number of sulfone groups is 1. The van der Waals surface area contributed by atoms with E-state index < -0.39 is 9.84 Å². The van der Waals surface area contributed by atoms with Crippen LogP contribution in [0.1, 0.15) is 20.3 Å². The van der Waals surface area contributed by atoms with Crippen molar-refractivity contribution in [3.05, 3.63) is 24.5 Å². The first-order valence-electron chi connectivity index (χ1n) is 8.70. The predicted molar refractivity (Wildman–Crippen MR) is 102 cm³/mol. The van der Waals surface area contributed by atoms with Crippen molar-refractivity contribution in [3.63, 3.8) is 0 Å². The lowest BCUT2D eigenvalue weighted by atomic mass is 10.1. The highest BCUT2D eigenvalue weighted by molar-refractivity contribution is 7.99. The Morgan fingerprint density at radius 3 is 2.85 bits per heavy atom. The molecular formula is C17H22N4O4S2. The zero-order valence-electron chi connectivity index (χ0n) is 15.2. The summed E-state index contributed by atoms with van der Waals surface area (Å²) in [6.07, 6.45) is 3.77. The van der Waals surface area contributed by atoms with Crippen molar-refractivity contribution < 1.29 is 17.6 Å². The van der Waals surface area contributed by atoms with Crippen LogP contribution in [0.5, 0.6) is 0 Å². The molecule has 146 valence electrons. The maximum atomic E-state index is 12.7. The van der Waals surface area contributed by atoms with Gasteiger partial charge in [-0.15, -0.1) is 10.2 Å². The van der Waals surface area contributed by atoms with Gasteiger partial charge in [0.2, 0.25) is 11.8 Å². The van der Waals surface area contributed by atoms with E-state index in [2.05, 4.69) is 15.2 Å². The maximum Gasteiger partial charge on any atom is 0.277 e. The van der Waals surface area contributed by atoms with Crippen molar-refractivity contribution in [1.82, 2.24) is 20.1 Å². The van der Waals surface area contributed by atoms with Gasteiger partial charge in [-0.2, -0.15) is 0 Å². The molecule has 0 saturated carbocycles. The highest BCUT2D eigenvalue weighted by Crippen LogP contribution is 2.24. The van der Waals surface area contributed by atoms with Crippen LogP contribution in [0.2, 0.25) is 0 Å². The summed E-state index contributed by atoms with van der Waals surface area (Å²) in [6.45, 7) is 4.55. The Morgan fingerprint density at radius 2 is 2.22 bits per heavy atom. The highest BCUT2D eigenvalue weighted by Gasteiger charge is 2.34. The minimum atomic E-state index is -3.05. The van der Waals surface area contributed by atoms with Gasteiger partial charge in [0, 0.05) is 25.0 Å². The van der Waals surface area contributed by atoms with E-state index in [0.717, 1.165) is 11.8 Å². The number of nitrogens with zero attached hydrogens (tertiary/aromatic N) is 4. The Balaban J connectivity index is 1.63. The molecule has 0 unspecified atom stereocenters. The fourth-order valence-electron chi connectivity index (χ4n) is 2.95. The van der Waals surface area contributed by atoms with Crippen LogP contribution in [0.15, 0.2) is 34.2 Å². The van der Waals surface area contributed by atoms with Gasteiger partial charge in [0.15, 0.2) is 9.84 Å². The summed E-state index contributed by atoms with van der Waals surface area (Å²) in [5.74, 6) is 0.795. The third-order valence-electron chi connectivity index (χ3n) is 4.17. The van der Waals surface area contributed by atoms with Crippen LogP contribution in [0, 0.1) is 5.92 Å². The third kappa shape index (κ3) is 5.29. The van der Waals surface area contributed by atoms with E-state index in [1.165, 1.54) is 0 Å². The molecule has 0 spiro atoms. The minimum Gasteiger partial charge on any atom is -0.411 e. The Kier molecular flexibility index (Phi) is 6.15. The monoisotopic (exact) mass is 410 g/mol. The van der Waals surface area contributed by atoms with E-state index >= 15 is 0 Å². The Morgan fingerprint density at radius 1 is 1.41 bits per heavy atom. The largest absolute Gasteiger partial charge is 0.411 e. The molecule has 0 bridgehead atoms. The molecule has 0 aliphatic carbocycles. The van der Waals surface area contributed by atoms with Crippen LogP contribution >= 0.6 is 11.8 Å². The molecule has 1 aliphatic rings. The number of thioether (sulfide) groups is 1. The number of rotatable bonds is 7. The third-order valence-corrected chi connectivity index (χ3v) is 6.72. The molecule has 10 heteroatoms. The lowest BCUT2D eigenvalue weighted by molar-refractivity contribution is -0.130. The van der Waals surface area contributed by atoms with Gasteiger partial charge in [-0.25, -0.2) is 8.42 Å². The fourth-order valence-corrected chi connectivity index (χ4v) is 5.33. The lowest BCUT2D eigenvalue weighted by Crippen LogP contribution is -2.44. The van der Waals surface area contributed by atoms with E-state index in [0.29, 0.717) is 29.6 Å². The van der Waals surface area contributed by atoms with E-state index in [9.17, 15) is 13.2 Å². The normalized spacial score (nSPS) is 18.7. The molecule has 3 heterocycles. The van der Waals surface area contributed by atoms with E-state index in [-0.39, 0.29) is 35.1 Å². The molecule has 1 atom stereocenters. The molecule has 2 aromatic rings. The van der Waals surface area contributed by atoms with Gasteiger partial charge in [0.25, 0.3) is 5.22 Å². The van der Waals surface area contributed by atoms with Crippen LogP contribution < -0.4 is 0 Å². The molecular weight excluding hydrogens is 388 g/mol. The van der Waals surface area contributed by atoms with Crippen LogP contribution in [-0.4, -0.2) is 64.3 Å². The molecule has 3 rings (SSSR count). The topological polar surface area (TPSA) is 106 Å². The van der Waals surface area contributed by atoms with Crippen molar-refractivity contribution in [1.29, 1.82) is 0 Å². The summed E-state index contributed by atoms with van der Waals surface area (Å²) in [4.78, 5) is 18.4. The van der Waals surface area contributed by atoms with E-state index in [1.54, 1.807) is 23.4 Å². The number of pyridine rings is 1. The maximum absolute atomic E-state index is 12.7. The van der Waals surface area contributed by atoms with E-state index in [4.69, 9.17) is 4.42 Å². The summed E-state index contributed by atoms with van der Waals surface area (Å²) in [7, 11) is -3.05. The fraction of sp³-hybridized carbons (Fsp3) is 0.529. The number of carbonyl (C=O) groups is 1. The summed E-state index contributed by atoms with van der Waals surface area (Å²) in [6, 6.07) is 3.33. The van der Waals surface area contributed by atoms with Crippen molar-refractivity contribution in [2.75, 3.05) is 23.8 Å². The molecule has 0 aromatic carbocycles. The van der Waals surface area contributed by atoms with Crippen LogP contribution in [0.3, 0.4) is 0 Å². The zero-order chi connectivity index (χ0) is 19.4. The quantitative estimate of drug-likeness (QED) is 0.637. The van der Waals surface area contributed by atoms with E-state index in [1.807, 2.05) is 19.9 Å². The molecule has 1 fully saturated rings. The summed E-state index contributed by atoms with van der Waals surface area (Å²) in [5, 5.41) is 8.23. The molecule has 27 heavy (non-hydrogen) atoms. The second-order valence-electron chi connectivity index (χ2n) is 6.90. The molecule has 1 aliphatic heterocycles. The van der Waals surface area contributed by atoms with Gasteiger partial charge in [-0.05, 0) is 24.5 Å². The second-order valence-corrected chi connectivity index (χ2v) is 10.1. The number of carbonyl (C=O) groups excluding carboxylic acids is 1. The van der Waals surface area contributed by atoms with Crippen LogP contribution in [0.25, 0.3) is 11.5 Å². The Hall–Kier alpha value is -1.94. The molecule has 0 radical (unpaired) electrons. The number of hydrogen-bond donors (Lipinski definition) is 0. The van der Waals surface area contributed by atoms with Crippen molar-refractivity contribution in [3.8, 4) is 11.5 Å². The molecule has 0 N–H and O–H groups in total. The smallest absolute Gasteiger partial charge is 0.277 e. The summed E-state index contributed by atoms with van der Waals surface area (Å²) < 4.78 is 29.2. The van der Waals surface area contributed by atoms with Gasteiger partial charge in [0.1, 0.15) is 0 Å². The lowest BCUT2D eigenvalue weighted by Gasteiger charge is -2.29. The first-order valence-corrected chi connectivity index (χ1v) is 11.5. The molecule has 8 nitrogen and oxygen atoms in total. The minimum absolute atomic E-state index is 0.0435. The zero-order valence-corrected chi connectivity index (χ0v) is 16.9. The molecule has 1 amide bonds. The Labute approximate surface area is 162 Å². The second kappa shape index (κ2) is 8.39. The van der Waals surface area contributed by atoms with Crippen LogP contribution in [0.4, 0.5) is 0 Å². The average molecular weight is 411 g/mol. The summed E-state index contributed by atoms with van der Waals surface area (Å²) >= 11 is 1.16. The van der Waals surface area contributed by atoms with Crippen molar-refractivity contribution >= 4 is 27.5 Å². The first kappa shape index (κ1) is 19.8. The molecule has 1 saturated heterocycles. The van der Waals surface area contributed by atoms with Gasteiger partial charge in [-0.3, -0.25) is 9.78 Å². The average Bonchev–Trinajstić information content (AvgIpc) is 3.24. The predicted octanol–water partition coefficient (Wildman–Crippen LogP) is 1.90. The Bertz CT molecular complexity index is 883. The highest BCUT2D eigenvalue weighted by atomic mass is 32.2. The first-order chi connectivity index (χ1) is 12.8. The van der Waals surface area contributed by atoms with Gasteiger partial charge in [-0.1, -0.05) is 25.6 Å². The number of aromatic nitrogens is 3. The van der Waals surface area contributed by atoms with Crippen molar-refractivity contribution in [2.45, 2.75) is 31.5 Å². The van der Waals surface area contributed by atoms with Gasteiger partial charge < -0.3 is 9.32 Å². The van der Waals surface area contributed by atoms with Crippen molar-refractivity contribution in [2.24, 2.45) is 5.92 Å².